The number of ether oxygens (including phenoxy) is 1. The molecular weight excluding hydrogens is 378 g/mol. The number of carbonyl (C=O) groups is 2. The van der Waals surface area contributed by atoms with Crippen LogP contribution in [-0.4, -0.2) is 35.3 Å². The molecule has 154 valence electrons. The molecule has 3 rings (SSSR count). The molecule has 0 saturated carbocycles. The van der Waals surface area contributed by atoms with Crippen molar-refractivity contribution in [1.29, 1.82) is 0 Å². The van der Waals surface area contributed by atoms with Crippen molar-refractivity contribution in [2.24, 2.45) is 0 Å². The largest absolute Gasteiger partial charge is 0.468 e. The van der Waals surface area contributed by atoms with Crippen LogP contribution in [0.15, 0.2) is 60.8 Å². The summed E-state index contributed by atoms with van der Waals surface area (Å²) in [6.07, 6.45) is 5.03. The van der Waals surface area contributed by atoms with Gasteiger partial charge in [-0.3, -0.25) is 14.3 Å². The molecule has 1 heterocycles. The summed E-state index contributed by atoms with van der Waals surface area (Å²) in [5.41, 5.74) is 6.13. The topological polar surface area (TPSA) is 73.2 Å². The van der Waals surface area contributed by atoms with Crippen LogP contribution in [0.4, 0.5) is 0 Å². The summed E-state index contributed by atoms with van der Waals surface area (Å²) >= 11 is 0. The van der Waals surface area contributed by atoms with Crippen LogP contribution in [0.3, 0.4) is 0 Å². The van der Waals surface area contributed by atoms with Crippen LogP contribution in [0, 0.1) is 13.8 Å². The van der Waals surface area contributed by atoms with Crippen molar-refractivity contribution in [1.82, 2.24) is 15.1 Å². The van der Waals surface area contributed by atoms with Crippen LogP contribution < -0.4 is 5.32 Å². The first-order chi connectivity index (χ1) is 14.5. The maximum absolute atomic E-state index is 12.0. The van der Waals surface area contributed by atoms with E-state index in [-0.39, 0.29) is 12.5 Å². The van der Waals surface area contributed by atoms with Crippen molar-refractivity contribution in [3.63, 3.8) is 0 Å². The Bertz CT molecular complexity index is 1070. The molecule has 0 fully saturated rings. The third-order valence-corrected chi connectivity index (χ3v) is 4.81. The number of nitrogens with one attached hydrogen (secondary N) is 1. The van der Waals surface area contributed by atoms with Crippen molar-refractivity contribution in [3.05, 3.63) is 83.1 Å². The molecule has 6 heteroatoms. The highest BCUT2D eigenvalue weighted by Crippen LogP contribution is 2.26. The molecule has 0 bridgehead atoms. The van der Waals surface area contributed by atoms with Gasteiger partial charge in [-0.15, -0.1) is 0 Å². The number of esters is 1. The third kappa shape index (κ3) is 5.44. The summed E-state index contributed by atoms with van der Waals surface area (Å²) in [5, 5.41) is 7.27. The van der Waals surface area contributed by atoms with E-state index in [0.717, 1.165) is 22.4 Å². The molecule has 6 nitrogen and oxygen atoms in total. The van der Waals surface area contributed by atoms with Crippen LogP contribution in [0.1, 0.15) is 22.3 Å². The maximum Gasteiger partial charge on any atom is 0.325 e. The summed E-state index contributed by atoms with van der Waals surface area (Å²) in [5.74, 6) is -0.870. The zero-order chi connectivity index (χ0) is 21.5. The number of methoxy groups -OCH3 is 1. The zero-order valence-corrected chi connectivity index (χ0v) is 17.4. The molecule has 0 aliphatic carbocycles. The van der Waals surface area contributed by atoms with E-state index >= 15 is 0 Å². The Labute approximate surface area is 176 Å². The van der Waals surface area contributed by atoms with E-state index in [2.05, 4.69) is 36.0 Å². The van der Waals surface area contributed by atoms with Gasteiger partial charge in [0, 0.05) is 23.4 Å². The number of aryl methyl sites for hydroxylation is 2. The van der Waals surface area contributed by atoms with Crippen molar-refractivity contribution in [2.75, 3.05) is 13.7 Å². The second-order valence-corrected chi connectivity index (χ2v) is 7.04. The minimum absolute atomic E-state index is 0.170. The Morgan fingerprint density at radius 3 is 2.57 bits per heavy atom. The van der Waals surface area contributed by atoms with Gasteiger partial charge in [0.2, 0.25) is 5.91 Å². The van der Waals surface area contributed by atoms with Crippen LogP contribution in [0.25, 0.3) is 17.3 Å². The predicted molar refractivity (Wildman–Crippen MR) is 117 cm³/mol. The third-order valence-electron chi connectivity index (χ3n) is 4.81. The molecule has 0 atom stereocenters. The number of hydrogen-bond acceptors (Lipinski definition) is 4. The number of hydrogen-bond donors (Lipinski definition) is 1. The normalized spacial score (nSPS) is 10.9. The van der Waals surface area contributed by atoms with Gasteiger partial charge in [0.15, 0.2) is 0 Å². The smallest absolute Gasteiger partial charge is 0.325 e. The molecule has 0 radical (unpaired) electrons. The van der Waals surface area contributed by atoms with Gasteiger partial charge in [0.1, 0.15) is 6.54 Å². The molecule has 1 aromatic heterocycles. The van der Waals surface area contributed by atoms with E-state index in [1.165, 1.54) is 24.3 Å². The number of nitrogens with zero attached hydrogens (tertiary/aromatic N) is 2. The van der Waals surface area contributed by atoms with E-state index in [1.54, 1.807) is 6.08 Å². The molecule has 0 aliphatic heterocycles. The van der Waals surface area contributed by atoms with Gasteiger partial charge in [0.25, 0.3) is 0 Å². The lowest BCUT2D eigenvalue weighted by molar-refractivity contribution is -0.140. The fourth-order valence-electron chi connectivity index (χ4n) is 2.98. The zero-order valence-electron chi connectivity index (χ0n) is 17.4. The van der Waals surface area contributed by atoms with E-state index in [1.807, 2.05) is 47.3 Å². The minimum Gasteiger partial charge on any atom is -0.468 e. The summed E-state index contributed by atoms with van der Waals surface area (Å²) in [4.78, 5) is 23.2. The van der Waals surface area contributed by atoms with Gasteiger partial charge in [0.05, 0.1) is 19.3 Å². The lowest BCUT2D eigenvalue weighted by Crippen LogP contribution is -2.28. The Balaban J connectivity index is 1.89. The van der Waals surface area contributed by atoms with E-state index < -0.39 is 5.97 Å². The molecule has 3 aromatic rings. The van der Waals surface area contributed by atoms with Crippen LogP contribution in [-0.2, 0) is 20.9 Å². The summed E-state index contributed by atoms with van der Waals surface area (Å²) in [7, 11) is 1.28. The van der Waals surface area contributed by atoms with Crippen LogP contribution >= 0.6 is 0 Å². The maximum atomic E-state index is 12.0. The lowest BCUT2D eigenvalue weighted by Gasteiger charge is -2.04. The van der Waals surface area contributed by atoms with E-state index in [9.17, 15) is 9.59 Å². The van der Waals surface area contributed by atoms with Crippen molar-refractivity contribution in [2.45, 2.75) is 20.4 Å². The predicted octanol–water partition coefficient (Wildman–Crippen LogP) is 3.52. The van der Waals surface area contributed by atoms with Crippen molar-refractivity contribution < 1.29 is 14.3 Å². The van der Waals surface area contributed by atoms with Gasteiger partial charge < -0.3 is 10.1 Å². The average molecular weight is 403 g/mol. The minimum atomic E-state index is -0.497. The fraction of sp³-hybridized carbons (Fsp3) is 0.208. The quantitative estimate of drug-likeness (QED) is 0.484. The molecule has 30 heavy (non-hydrogen) atoms. The number of amides is 1. The molecular formula is C24H25N3O3. The monoisotopic (exact) mass is 403 g/mol. The standard InChI is InChI=1S/C24H25N3O3/c1-17-9-10-20(13-18(17)2)24-21(11-12-22(28)25-14-23(29)30-3)16-27(26-24)15-19-7-5-4-6-8-19/h4-13,16H,14-15H2,1-3H3,(H,25,28)/b12-11+. The van der Waals surface area contributed by atoms with Crippen LogP contribution in [0.2, 0.25) is 0 Å². The number of rotatable bonds is 7. The highest BCUT2D eigenvalue weighted by molar-refractivity contribution is 5.94. The molecule has 1 N–H and O–H groups in total. The molecule has 0 spiro atoms. The first kappa shape index (κ1) is 21.0. The fourth-order valence-corrected chi connectivity index (χ4v) is 2.98. The Morgan fingerprint density at radius 2 is 1.87 bits per heavy atom. The summed E-state index contributed by atoms with van der Waals surface area (Å²) in [6, 6.07) is 16.3. The second-order valence-electron chi connectivity index (χ2n) is 7.04. The molecule has 0 unspecified atom stereocenters. The number of carbonyl (C=O) groups excluding carboxylic acids is 2. The van der Waals surface area contributed by atoms with Gasteiger partial charge in [-0.25, -0.2) is 0 Å². The van der Waals surface area contributed by atoms with Crippen LogP contribution in [0.5, 0.6) is 0 Å². The molecule has 1 amide bonds. The van der Waals surface area contributed by atoms with E-state index in [0.29, 0.717) is 6.54 Å². The Kier molecular flexibility index (Phi) is 6.80. The second kappa shape index (κ2) is 9.69. The van der Waals surface area contributed by atoms with Gasteiger partial charge >= 0.3 is 5.97 Å². The Morgan fingerprint density at radius 1 is 1.10 bits per heavy atom. The summed E-state index contributed by atoms with van der Waals surface area (Å²) in [6.45, 7) is 4.59. The number of aromatic nitrogens is 2. The highest BCUT2D eigenvalue weighted by atomic mass is 16.5. The SMILES string of the molecule is COC(=O)CNC(=O)/C=C/c1cn(Cc2ccccc2)nc1-c1ccc(C)c(C)c1. The first-order valence-corrected chi connectivity index (χ1v) is 9.68. The highest BCUT2D eigenvalue weighted by Gasteiger charge is 2.11. The Hall–Kier alpha value is -3.67. The van der Waals surface area contributed by atoms with Gasteiger partial charge in [-0.05, 0) is 42.7 Å². The van der Waals surface area contributed by atoms with Gasteiger partial charge in [-0.2, -0.15) is 5.10 Å². The average Bonchev–Trinajstić information content (AvgIpc) is 3.15. The molecule has 0 saturated heterocycles. The lowest BCUT2D eigenvalue weighted by atomic mass is 10.0. The molecule has 2 aromatic carbocycles. The number of benzene rings is 2. The summed E-state index contributed by atoms with van der Waals surface area (Å²) < 4.78 is 6.40. The molecule has 0 aliphatic rings. The van der Waals surface area contributed by atoms with Gasteiger partial charge in [-0.1, -0.05) is 42.5 Å². The van der Waals surface area contributed by atoms with Crippen molar-refractivity contribution in [3.8, 4) is 11.3 Å². The van der Waals surface area contributed by atoms with Crippen molar-refractivity contribution >= 4 is 18.0 Å². The van der Waals surface area contributed by atoms with E-state index in [4.69, 9.17) is 5.10 Å². The first-order valence-electron chi connectivity index (χ1n) is 9.68.